The van der Waals surface area contributed by atoms with Gasteiger partial charge >= 0.3 is 0 Å². The van der Waals surface area contributed by atoms with E-state index in [0.717, 1.165) is 17.0 Å². The highest BCUT2D eigenvalue weighted by Gasteiger charge is 2.17. The van der Waals surface area contributed by atoms with Crippen LogP contribution in [0.5, 0.6) is 5.75 Å². The Labute approximate surface area is 158 Å². The van der Waals surface area contributed by atoms with Gasteiger partial charge in [-0.1, -0.05) is 24.3 Å². The third-order valence-corrected chi connectivity index (χ3v) is 7.12. The summed E-state index contributed by atoms with van der Waals surface area (Å²) in [4.78, 5) is 14.0. The van der Waals surface area contributed by atoms with E-state index in [2.05, 4.69) is 12.1 Å². The summed E-state index contributed by atoms with van der Waals surface area (Å²) in [6.07, 6.45) is 1.30. The molecule has 0 saturated carbocycles. The van der Waals surface area contributed by atoms with Crippen LogP contribution in [0.4, 0.5) is 5.69 Å². The molecule has 0 radical (unpaired) electrons. The molecule has 1 heterocycles. The number of thioether (sulfide) groups is 2. The van der Waals surface area contributed by atoms with E-state index >= 15 is 0 Å². The van der Waals surface area contributed by atoms with Crippen molar-refractivity contribution in [1.82, 2.24) is 0 Å². The molecule has 25 heavy (non-hydrogen) atoms. The minimum atomic E-state index is -0.0620. The molecule has 0 bridgehead atoms. The zero-order chi connectivity index (χ0) is 17.6. The first-order valence-corrected chi connectivity index (χ1v) is 10.5. The molecule has 1 saturated heterocycles. The van der Waals surface area contributed by atoms with Crippen molar-refractivity contribution in [2.45, 2.75) is 17.9 Å². The van der Waals surface area contributed by atoms with E-state index in [4.69, 9.17) is 4.74 Å². The Morgan fingerprint density at radius 1 is 1.16 bits per heavy atom. The number of rotatable bonds is 5. The molecule has 2 aromatic carbocycles. The maximum atomic E-state index is 12.3. The molecule has 0 unspecified atom stereocenters. The molecule has 0 atom stereocenters. The van der Waals surface area contributed by atoms with E-state index in [1.807, 2.05) is 66.8 Å². The summed E-state index contributed by atoms with van der Waals surface area (Å²) in [6.45, 7) is 2.06. The second-order valence-electron chi connectivity index (χ2n) is 6.08. The number of hydrogen-bond acceptors (Lipinski definition) is 4. The number of ether oxygens (including phenoxy) is 1. The van der Waals surface area contributed by atoms with Crippen LogP contribution in [0.15, 0.2) is 48.5 Å². The highest BCUT2D eigenvalue weighted by Crippen LogP contribution is 2.43. The lowest BCUT2D eigenvalue weighted by molar-refractivity contribution is -0.120. The minimum Gasteiger partial charge on any atom is -0.484 e. The van der Waals surface area contributed by atoms with Gasteiger partial charge in [0.15, 0.2) is 6.61 Å². The second kappa shape index (κ2) is 8.68. The van der Waals surface area contributed by atoms with E-state index < -0.39 is 0 Å². The van der Waals surface area contributed by atoms with E-state index in [-0.39, 0.29) is 12.5 Å². The molecule has 2 aromatic rings. The Bertz CT molecular complexity index is 712. The quantitative estimate of drug-likeness (QED) is 0.745. The van der Waals surface area contributed by atoms with Crippen molar-refractivity contribution < 1.29 is 9.53 Å². The van der Waals surface area contributed by atoms with Gasteiger partial charge in [-0.2, -0.15) is 0 Å². The number of anilines is 1. The average molecular weight is 374 g/mol. The van der Waals surface area contributed by atoms with Gasteiger partial charge in [0.25, 0.3) is 5.91 Å². The highest BCUT2D eigenvalue weighted by atomic mass is 32.2. The van der Waals surface area contributed by atoms with Crippen LogP contribution in [0.1, 0.15) is 22.1 Å². The van der Waals surface area contributed by atoms with Crippen molar-refractivity contribution in [3.8, 4) is 5.75 Å². The Morgan fingerprint density at radius 3 is 2.56 bits per heavy atom. The zero-order valence-electron chi connectivity index (χ0n) is 14.6. The van der Waals surface area contributed by atoms with Crippen molar-refractivity contribution >= 4 is 35.1 Å². The van der Waals surface area contributed by atoms with Crippen LogP contribution in [-0.2, 0) is 4.79 Å². The predicted octanol–water partition coefficient (Wildman–Crippen LogP) is 4.91. The van der Waals surface area contributed by atoms with Gasteiger partial charge < -0.3 is 9.64 Å². The number of aryl methyl sites for hydroxylation is 1. The average Bonchev–Trinajstić information content (AvgIpc) is 2.66. The monoisotopic (exact) mass is 373 g/mol. The minimum absolute atomic E-state index is 0.0384. The molecule has 1 amide bonds. The number of carbonyl (C=O) groups excluding carboxylic acids is 1. The van der Waals surface area contributed by atoms with Gasteiger partial charge in [-0.25, -0.2) is 0 Å². The first-order valence-electron chi connectivity index (χ1n) is 8.43. The Kier molecular flexibility index (Phi) is 6.32. The van der Waals surface area contributed by atoms with Gasteiger partial charge in [0.2, 0.25) is 0 Å². The molecule has 5 heteroatoms. The van der Waals surface area contributed by atoms with E-state index in [0.29, 0.717) is 4.58 Å². The van der Waals surface area contributed by atoms with E-state index in [1.165, 1.54) is 23.5 Å². The van der Waals surface area contributed by atoms with Gasteiger partial charge in [-0.3, -0.25) is 4.79 Å². The number of benzene rings is 2. The fourth-order valence-corrected chi connectivity index (χ4v) is 5.52. The molecule has 3 nitrogen and oxygen atoms in total. The molecule has 1 fully saturated rings. The van der Waals surface area contributed by atoms with Gasteiger partial charge in [0.1, 0.15) is 5.75 Å². The smallest absolute Gasteiger partial charge is 0.264 e. The molecule has 3 rings (SSSR count). The molecule has 0 aromatic heterocycles. The van der Waals surface area contributed by atoms with Crippen molar-refractivity contribution in [1.29, 1.82) is 0 Å². The van der Waals surface area contributed by atoms with E-state index in [1.54, 1.807) is 11.9 Å². The summed E-state index contributed by atoms with van der Waals surface area (Å²) in [6, 6.07) is 16.0. The van der Waals surface area contributed by atoms with Crippen LogP contribution in [-0.4, -0.2) is 31.1 Å². The SMILES string of the molecule is Cc1cccc(N(C)C(=O)COc2ccc(C3SCCCS3)cc2)c1. The third-order valence-electron chi connectivity index (χ3n) is 4.10. The van der Waals surface area contributed by atoms with Crippen molar-refractivity contribution in [3.63, 3.8) is 0 Å². The fourth-order valence-electron chi connectivity index (χ4n) is 2.62. The van der Waals surface area contributed by atoms with Crippen molar-refractivity contribution in [2.24, 2.45) is 0 Å². The largest absolute Gasteiger partial charge is 0.484 e. The molecule has 0 N–H and O–H groups in total. The summed E-state index contributed by atoms with van der Waals surface area (Å²) in [5, 5.41) is 0. The maximum absolute atomic E-state index is 12.3. The normalized spacial score (nSPS) is 15.0. The molecule has 0 spiro atoms. The van der Waals surface area contributed by atoms with Gasteiger partial charge in [0, 0.05) is 12.7 Å². The summed E-state index contributed by atoms with van der Waals surface area (Å²) in [7, 11) is 1.78. The van der Waals surface area contributed by atoms with Crippen molar-refractivity contribution in [2.75, 3.05) is 30.1 Å². The van der Waals surface area contributed by atoms with Crippen LogP contribution < -0.4 is 9.64 Å². The van der Waals surface area contributed by atoms with Crippen LogP contribution in [0.2, 0.25) is 0 Å². The number of nitrogens with zero attached hydrogens (tertiary/aromatic N) is 1. The molecule has 0 aliphatic carbocycles. The Hall–Kier alpha value is -1.59. The summed E-state index contributed by atoms with van der Waals surface area (Å²) < 4.78 is 6.20. The molecule has 1 aliphatic rings. The topological polar surface area (TPSA) is 29.5 Å². The lowest BCUT2D eigenvalue weighted by atomic mass is 10.2. The second-order valence-corrected chi connectivity index (χ2v) is 8.80. The van der Waals surface area contributed by atoms with Crippen molar-refractivity contribution in [3.05, 3.63) is 59.7 Å². The number of carbonyl (C=O) groups is 1. The lowest BCUT2D eigenvalue weighted by Crippen LogP contribution is -2.31. The molecule has 1 aliphatic heterocycles. The fraction of sp³-hybridized carbons (Fsp3) is 0.350. The summed E-state index contributed by atoms with van der Waals surface area (Å²) in [5.74, 6) is 3.14. The standard InChI is InChI=1S/C20H23NO2S2/c1-15-5-3-6-17(13-15)21(2)19(22)14-23-18-9-7-16(8-10-18)20-24-11-4-12-25-20/h3,5-10,13,20H,4,11-12,14H2,1-2H3. The first-order chi connectivity index (χ1) is 12.1. The third kappa shape index (κ3) is 4.95. The van der Waals surface area contributed by atoms with Gasteiger partial charge in [-0.05, 0) is 60.2 Å². The van der Waals surface area contributed by atoms with Crippen LogP contribution in [0.25, 0.3) is 0 Å². The molecular weight excluding hydrogens is 350 g/mol. The van der Waals surface area contributed by atoms with Gasteiger partial charge in [0.05, 0.1) is 4.58 Å². The Balaban J connectivity index is 1.54. The number of amides is 1. The van der Waals surface area contributed by atoms with Crippen LogP contribution >= 0.6 is 23.5 Å². The Morgan fingerprint density at radius 2 is 1.88 bits per heavy atom. The van der Waals surface area contributed by atoms with Crippen LogP contribution in [0, 0.1) is 6.92 Å². The van der Waals surface area contributed by atoms with Crippen LogP contribution in [0.3, 0.4) is 0 Å². The number of likely N-dealkylation sites (N-methyl/N-ethyl adjacent to an activating group) is 1. The first kappa shape index (κ1) is 18.2. The zero-order valence-corrected chi connectivity index (χ0v) is 16.2. The lowest BCUT2D eigenvalue weighted by Gasteiger charge is -2.21. The summed E-state index contributed by atoms with van der Waals surface area (Å²) >= 11 is 4.01. The molecule has 132 valence electrons. The predicted molar refractivity (Wildman–Crippen MR) is 109 cm³/mol. The van der Waals surface area contributed by atoms with E-state index in [9.17, 15) is 4.79 Å². The highest BCUT2D eigenvalue weighted by molar-refractivity contribution is 8.16. The van der Waals surface area contributed by atoms with Gasteiger partial charge in [-0.15, -0.1) is 23.5 Å². The molecular formula is C20H23NO2S2. The summed E-state index contributed by atoms with van der Waals surface area (Å²) in [5.41, 5.74) is 3.34. The maximum Gasteiger partial charge on any atom is 0.264 e. The number of hydrogen-bond donors (Lipinski definition) is 0.